The minimum atomic E-state index is -2.74. The number of rotatable bonds is 3. The quantitative estimate of drug-likeness (QED) is 0.830. The third-order valence-electron chi connectivity index (χ3n) is 1.76. The molecule has 0 saturated heterocycles. The number of pyridine rings is 1. The fraction of sp³-hybridized carbons (Fsp3) is 0.250. The van der Waals surface area contributed by atoms with E-state index in [1.54, 1.807) is 22.6 Å². The van der Waals surface area contributed by atoms with Crippen LogP contribution < -0.4 is 5.73 Å². The highest BCUT2D eigenvalue weighted by Gasteiger charge is 2.22. The van der Waals surface area contributed by atoms with Crippen LogP contribution in [0.15, 0.2) is 6.20 Å². The van der Waals surface area contributed by atoms with E-state index in [2.05, 4.69) is 4.98 Å². The van der Waals surface area contributed by atoms with Crippen molar-refractivity contribution in [2.45, 2.75) is 13.0 Å². The van der Waals surface area contributed by atoms with Crippen molar-refractivity contribution in [3.8, 4) is 0 Å². The lowest BCUT2D eigenvalue weighted by molar-refractivity contribution is 0.0693. The molecule has 0 aromatic carbocycles. The van der Waals surface area contributed by atoms with Gasteiger partial charge in [-0.2, -0.15) is 0 Å². The first-order chi connectivity index (χ1) is 6.99. The van der Waals surface area contributed by atoms with Crippen molar-refractivity contribution in [3.63, 3.8) is 0 Å². The lowest BCUT2D eigenvalue weighted by Gasteiger charge is -2.09. The van der Waals surface area contributed by atoms with Crippen molar-refractivity contribution >= 4 is 28.6 Å². The summed E-state index contributed by atoms with van der Waals surface area (Å²) in [6.07, 6.45) is -1.78. The first kappa shape index (κ1) is 12.2. The second-order valence-electron chi connectivity index (χ2n) is 2.66. The molecule has 0 aliphatic rings. The number of alkyl halides is 2. The van der Waals surface area contributed by atoms with Crippen molar-refractivity contribution in [2.24, 2.45) is 5.73 Å². The molecule has 0 spiro atoms. The van der Waals surface area contributed by atoms with Gasteiger partial charge in [0.15, 0.2) is 0 Å². The van der Waals surface area contributed by atoms with Crippen molar-refractivity contribution in [1.29, 1.82) is 0 Å². The average molecular weight is 328 g/mol. The van der Waals surface area contributed by atoms with E-state index < -0.39 is 12.4 Å². The zero-order valence-electron chi connectivity index (χ0n) is 7.38. The summed E-state index contributed by atoms with van der Waals surface area (Å²) in [4.78, 5) is 14.4. The van der Waals surface area contributed by atoms with Crippen LogP contribution in [0.4, 0.5) is 8.78 Å². The predicted octanol–water partition coefficient (Wildman–Crippen LogP) is 1.78. The summed E-state index contributed by atoms with van der Waals surface area (Å²) in [6, 6.07) is 0. The van der Waals surface area contributed by atoms with Gasteiger partial charge in [-0.05, 0) is 22.6 Å². The highest BCUT2D eigenvalue weighted by molar-refractivity contribution is 14.1. The van der Waals surface area contributed by atoms with Crippen LogP contribution >= 0.6 is 22.6 Å². The van der Waals surface area contributed by atoms with Crippen LogP contribution in [-0.4, -0.2) is 16.1 Å². The van der Waals surface area contributed by atoms with Crippen LogP contribution in [0.25, 0.3) is 0 Å². The Labute approximate surface area is 97.6 Å². The molecule has 15 heavy (non-hydrogen) atoms. The molecule has 1 rings (SSSR count). The molecule has 0 saturated carbocycles. The van der Waals surface area contributed by atoms with E-state index in [9.17, 15) is 13.6 Å². The highest BCUT2D eigenvalue weighted by Crippen LogP contribution is 2.27. The van der Waals surface area contributed by atoms with E-state index in [0.717, 1.165) is 6.20 Å². The summed E-state index contributed by atoms with van der Waals surface area (Å²) in [6.45, 7) is -0.0961. The Bertz CT molecular complexity index is 398. The minimum Gasteiger partial charge on any atom is -0.478 e. The largest absolute Gasteiger partial charge is 0.478 e. The number of hydrogen-bond donors (Lipinski definition) is 2. The smallest absolute Gasteiger partial charge is 0.338 e. The van der Waals surface area contributed by atoms with E-state index in [0.29, 0.717) is 0 Å². The Kier molecular flexibility index (Phi) is 3.91. The van der Waals surface area contributed by atoms with E-state index >= 15 is 0 Å². The molecule has 1 aromatic heterocycles. The molecular formula is C8H7F2IN2O2. The topological polar surface area (TPSA) is 76.2 Å². The van der Waals surface area contributed by atoms with Gasteiger partial charge in [-0.3, -0.25) is 4.98 Å². The summed E-state index contributed by atoms with van der Waals surface area (Å²) in [5.41, 5.74) is 4.75. The maximum atomic E-state index is 12.4. The maximum absolute atomic E-state index is 12.4. The fourth-order valence-corrected chi connectivity index (χ4v) is 1.98. The first-order valence-electron chi connectivity index (χ1n) is 3.87. The van der Waals surface area contributed by atoms with E-state index in [-0.39, 0.29) is 26.9 Å². The van der Waals surface area contributed by atoms with Gasteiger partial charge in [0.05, 0.1) is 16.8 Å². The molecule has 0 amide bonds. The summed E-state index contributed by atoms with van der Waals surface area (Å²) in [5.74, 6) is -1.30. The molecule has 0 fully saturated rings. The Morgan fingerprint density at radius 3 is 2.67 bits per heavy atom. The number of halogens is 3. The summed E-state index contributed by atoms with van der Waals surface area (Å²) < 4.78 is 24.9. The molecule has 0 aliphatic heterocycles. The van der Waals surface area contributed by atoms with Gasteiger partial charge in [0, 0.05) is 16.3 Å². The summed E-state index contributed by atoms with van der Waals surface area (Å²) in [5, 5.41) is 8.84. The lowest BCUT2D eigenvalue weighted by Crippen LogP contribution is -2.13. The number of carboxylic acid groups (broad SMARTS) is 1. The Hall–Kier alpha value is -0.830. The van der Waals surface area contributed by atoms with Crippen LogP contribution in [0.5, 0.6) is 0 Å². The number of carboxylic acids is 1. The maximum Gasteiger partial charge on any atom is 0.338 e. The Morgan fingerprint density at radius 2 is 2.27 bits per heavy atom. The molecule has 1 heterocycles. The molecule has 0 radical (unpaired) electrons. The Morgan fingerprint density at radius 1 is 1.67 bits per heavy atom. The lowest BCUT2D eigenvalue weighted by atomic mass is 10.1. The van der Waals surface area contributed by atoms with E-state index in [4.69, 9.17) is 10.8 Å². The zero-order valence-corrected chi connectivity index (χ0v) is 9.53. The second kappa shape index (κ2) is 4.79. The molecule has 4 nitrogen and oxygen atoms in total. The number of nitrogens with zero attached hydrogens (tertiary/aromatic N) is 1. The zero-order chi connectivity index (χ0) is 11.6. The van der Waals surface area contributed by atoms with Crippen molar-refractivity contribution in [2.75, 3.05) is 0 Å². The van der Waals surface area contributed by atoms with Gasteiger partial charge in [0.2, 0.25) is 0 Å². The van der Waals surface area contributed by atoms with Crippen molar-refractivity contribution < 1.29 is 18.7 Å². The van der Waals surface area contributed by atoms with Crippen LogP contribution in [0.1, 0.15) is 28.0 Å². The van der Waals surface area contributed by atoms with E-state index in [1.165, 1.54) is 0 Å². The molecule has 1 aromatic rings. The molecule has 7 heteroatoms. The van der Waals surface area contributed by atoms with Gasteiger partial charge < -0.3 is 10.8 Å². The van der Waals surface area contributed by atoms with Crippen LogP contribution in [0.3, 0.4) is 0 Å². The SMILES string of the molecule is NCc1ncc(C(F)F)c(I)c1C(=O)O. The predicted molar refractivity (Wildman–Crippen MR) is 56.8 cm³/mol. The molecule has 0 atom stereocenters. The molecular weight excluding hydrogens is 321 g/mol. The molecule has 82 valence electrons. The number of aromatic nitrogens is 1. The minimum absolute atomic E-state index is 0.00875. The van der Waals surface area contributed by atoms with Gasteiger partial charge in [0.25, 0.3) is 6.43 Å². The molecule has 0 aliphatic carbocycles. The van der Waals surface area contributed by atoms with Crippen LogP contribution in [-0.2, 0) is 6.54 Å². The van der Waals surface area contributed by atoms with Gasteiger partial charge in [0.1, 0.15) is 0 Å². The number of hydrogen-bond acceptors (Lipinski definition) is 3. The van der Waals surface area contributed by atoms with Crippen LogP contribution in [0.2, 0.25) is 0 Å². The van der Waals surface area contributed by atoms with Gasteiger partial charge in [-0.15, -0.1) is 0 Å². The third-order valence-corrected chi connectivity index (χ3v) is 2.93. The Balaban J connectivity index is 3.42. The average Bonchev–Trinajstić information content (AvgIpc) is 2.15. The number of nitrogens with two attached hydrogens (primary N) is 1. The normalized spacial score (nSPS) is 10.7. The van der Waals surface area contributed by atoms with Crippen molar-refractivity contribution in [1.82, 2.24) is 4.98 Å². The number of carbonyl (C=O) groups is 1. The van der Waals surface area contributed by atoms with Crippen molar-refractivity contribution in [3.05, 3.63) is 26.6 Å². The summed E-state index contributed by atoms with van der Waals surface area (Å²) >= 11 is 1.56. The fourth-order valence-electron chi connectivity index (χ4n) is 1.06. The first-order valence-corrected chi connectivity index (χ1v) is 4.95. The highest BCUT2D eigenvalue weighted by atomic mass is 127. The van der Waals surface area contributed by atoms with Gasteiger partial charge >= 0.3 is 5.97 Å². The summed E-state index contributed by atoms with van der Waals surface area (Å²) in [7, 11) is 0. The molecule has 0 bridgehead atoms. The van der Waals surface area contributed by atoms with E-state index in [1.807, 2.05) is 0 Å². The molecule has 3 N–H and O–H groups in total. The van der Waals surface area contributed by atoms with Crippen LogP contribution in [0, 0.1) is 3.57 Å². The number of aromatic carboxylic acids is 1. The third kappa shape index (κ3) is 2.40. The monoisotopic (exact) mass is 328 g/mol. The second-order valence-corrected chi connectivity index (χ2v) is 3.74. The van der Waals surface area contributed by atoms with Gasteiger partial charge in [-0.25, -0.2) is 13.6 Å². The molecule has 0 unspecified atom stereocenters. The standard InChI is InChI=1S/C8H7F2IN2O2/c9-7(10)3-2-13-4(1-12)5(6(3)11)8(14)15/h2,7H,1,12H2,(H,14,15). The van der Waals surface area contributed by atoms with Gasteiger partial charge in [-0.1, -0.05) is 0 Å².